The van der Waals surface area contributed by atoms with Gasteiger partial charge in [-0.25, -0.2) is 4.21 Å². The van der Waals surface area contributed by atoms with E-state index in [0.29, 0.717) is 0 Å². The summed E-state index contributed by atoms with van der Waals surface area (Å²) in [5.74, 6) is 0. The van der Waals surface area contributed by atoms with Crippen molar-refractivity contribution in [2.45, 2.75) is 12.3 Å². The van der Waals surface area contributed by atoms with Crippen LogP contribution in [0.5, 0.6) is 0 Å². The van der Waals surface area contributed by atoms with Crippen molar-refractivity contribution < 1.29 is 28.2 Å². The number of hydrogen-bond donors (Lipinski definition) is 2. The van der Waals surface area contributed by atoms with E-state index in [-0.39, 0.29) is 19.5 Å². The first kappa shape index (κ1) is 10.6. The molecule has 3 nitrogen and oxygen atoms in total. The minimum absolute atomic E-state index is 0. The van der Waals surface area contributed by atoms with Crippen LogP contribution < -0.4 is 5.73 Å². The molecule has 5 heteroatoms. The van der Waals surface area contributed by atoms with Crippen LogP contribution in [0.3, 0.4) is 0 Å². The van der Waals surface area contributed by atoms with Crippen LogP contribution in [0.1, 0.15) is 6.92 Å². The molecule has 0 amide bonds. The molecule has 0 aliphatic carbocycles. The minimum atomic E-state index is -1.84. The van der Waals surface area contributed by atoms with Crippen LogP contribution in [0.2, 0.25) is 0 Å². The third-order valence-corrected chi connectivity index (χ3v) is 0.954. The van der Waals surface area contributed by atoms with E-state index in [9.17, 15) is 4.21 Å². The average Bonchev–Trinajstić information content (AvgIpc) is 1.36. The molecule has 0 aromatic carbocycles. The van der Waals surface area contributed by atoms with Crippen molar-refractivity contribution in [1.29, 1.82) is 0 Å². The molecule has 0 aromatic heterocycles. The van der Waals surface area contributed by atoms with Crippen molar-refractivity contribution in [1.82, 2.24) is 0 Å². The van der Waals surface area contributed by atoms with E-state index in [0.717, 1.165) is 0 Å². The zero-order chi connectivity index (χ0) is 5.15. The molecule has 0 saturated carbocycles. The van der Waals surface area contributed by atoms with Crippen molar-refractivity contribution in [2.75, 3.05) is 0 Å². The van der Waals surface area contributed by atoms with Crippen LogP contribution in [-0.2, 0) is 30.6 Å². The summed E-state index contributed by atoms with van der Waals surface area (Å²) in [6.45, 7) is 1.47. The minimum Gasteiger partial charge on any atom is -0.316 e. The van der Waals surface area contributed by atoms with E-state index in [1.807, 2.05) is 0 Å². The quantitative estimate of drug-likeness (QED) is 0.417. The van der Waals surface area contributed by atoms with Gasteiger partial charge < -0.3 is 10.3 Å². The predicted molar refractivity (Wildman–Crippen MR) is 24.4 cm³/mol. The van der Waals surface area contributed by atoms with Crippen LogP contribution in [0.4, 0.5) is 0 Å². The van der Waals surface area contributed by atoms with Gasteiger partial charge in [0.05, 0.1) is 0 Å². The SMILES string of the molecule is CC(N)S(=O)O.[Zn]. The summed E-state index contributed by atoms with van der Waals surface area (Å²) < 4.78 is 17.7. The maximum absolute atomic E-state index is 9.69. The Labute approximate surface area is 57.7 Å². The summed E-state index contributed by atoms with van der Waals surface area (Å²) in [6.07, 6.45) is 0. The van der Waals surface area contributed by atoms with E-state index in [1.54, 1.807) is 0 Å². The van der Waals surface area contributed by atoms with Gasteiger partial charge in [0.15, 0.2) is 11.1 Å². The first-order valence-electron chi connectivity index (χ1n) is 1.50. The number of nitrogens with two attached hydrogens (primary N) is 1. The molecule has 3 N–H and O–H groups in total. The maximum Gasteiger partial charge on any atom is 0.170 e. The first-order chi connectivity index (χ1) is 2.64. The summed E-state index contributed by atoms with van der Waals surface area (Å²) in [7, 11) is 0. The Morgan fingerprint density at radius 3 is 2.00 bits per heavy atom. The topological polar surface area (TPSA) is 63.3 Å². The Balaban J connectivity index is 0. The van der Waals surface area contributed by atoms with Gasteiger partial charge in [-0.1, -0.05) is 0 Å². The zero-order valence-corrected chi connectivity index (χ0v) is 7.91. The van der Waals surface area contributed by atoms with Crippen LogP contribution in [0, 0.1) is 0 Å². The molecule has 2 unspecified atom stereocenters. The second-order valence-electron chi connectivity index (χ2n) is 0.981. The Hall–Kier alpha value is 0.693. The van der Waals surface area contributed by atoms with Crippen molar-refractivity contribution >= 4 is 11.1 Å². The molecule has 0 aliphatic rings. The van der Waals surface area contributed by atoms with Crippen LogP contribution in [0.15, 0.2) is 0 Å². The molecule has 0 rings (SSSR count). The maximum atomic E-state index is 9.69. The molecule has 0 heterocycles. The second kappa shape index (κ2) is 4.84. The molecule has 2 atom stereocenters. The molecule has 7 heavy (non-hydrogen) atoms. The summed E-state index contributed by atoms with van der Waals surface area (Å²) in [5, 5.41) is -0.620. The number of rotatable bonds is 1. The van der Waals surface area contributed by atoms with Gasteiger partial charge in [0.25, 0.3) is 0 Å². The monoisotopic (exact) mass is 173 g/mol. The normalized spacial score (nSPS) is 17.0. The smallest absolute Gasteiger partial charge is 0.170 e. The van der Waals surface area contributed by atoms with Gasteiger partial charge >= 0.3 is 0 Å². The van der Waals surface area contributed by atoms with E-state index in [4.69, 9.17) is 10.3 Å². The molecule has 0 bridgehead atoms. The van der Waals surface area contributed by atoms with E-state index >= 15 is 0 Å². The summed E-state index contributed by atoms with van der Waals surface area (Å²) in [5.41, 5.74) is 4.89. The van der Waals surface area contributed by atoms with Crippen LogP contribution in [-0.4, -0.2) is 14.1 Å². The summed E-state index contributed by atoms with van der Waals surface area (Å²) in [4.78, 5) is 0. The third kappa shape index (κ3) is 6.69. The average molecular weight is 175 g/mol. The molecule has 0 radical (unpaired) electrons. The molecular formula is C2H7NO2SZn. The van der Waals surface area contributed by atoms with Gasteiger partial charge in [0, 0.05) is 19.5 Å². The van der Waals surface area contributed by atoms with Crippen molar-refractivity contribution in [2.24, 2.45) is 5.73 Å². The molecule has 0 saturated heterocycles. The molecule has 0 aliphatic heterocycles. The summed E-state index contributed by atoms with van der Waals surface area (Å²) >= 11 is -1.84. The fourth-order valence-electron chi connectivity index (χ4n) is 0. The molecule has 40 valence electrons. The Bertz CT molecular complexity index is 66.7. The van der Waals surface area contributed by atoms with Crippen molar-refractivity contribution in [3.8, 4) is 0 Å². The third-order valence-electron chi connectivity index (χ3n) is 0.318. The molecular weight excluding hydrogens is 167 g/mol. The Kier molecular flexibility index (Phi) is 7.36. The Morgan fingerprint density at radius 2 is 2.00 bits per heavy atom. The molecule has 0 fully saturated rings. The van der Waals surface area contributed by atoms with Gasteiger partial charge in [-0.2, -0.15) is 0 Å². The summed E-state index contributed by atoms with van der Waals surface area (Å²) in [6, 6.07) is 0. The van der Waals surface area contributed by atoms with E-state index in [2.05, 4.69) is 0 Å². The van der Waals surface area contributed by atoms with Gasteiger partial charge in [0.1, 0.15) is 5.37 Å². The molecule has 0 aromatic rings. The van der Waals surface area contributed by atoms with E-state index in [1.165, 1.54) is 6.92 Å². The standard InChI is InChI=1S/C2H7NO2S.Zn/c1-2(3)6(4)5;/h2H,3H2,1H3,(H,4,5);. The largest absolute Gasteiger partial charge is 0.316 e. The number of hydrogen-bond acceptors (Lipinski definition) is 2. The van der Waals surface area contributed by atoms with Crippen LogP contribution >= 0.6 is 0 Å². The molecule has 0 spiro atoms. The predicted octanol–water partition coefficient (Wildman–Crippen LogP) is -0.490. The first-order valence-corrected chi connectivity index (χ1v) is 2.67. The fraction of sp³-hybridized carbons (Fsp3) is 1.00. The zero-order valence-electron chi connectivity index (χ0n) is 4.13. The van der Waals surface area contributed by atoms with Gasteiger partial charge in [-0.15, -0.1) is 0 Å². The van der Waals surface area contributed by atoms with Crippen LogP contribution in [0.25, 0.3) is 0 Å². The Morgan fingerprint density at radius 1 is 1.86 bits per heavy atom. The fourth-order valence-corrected chi connectivity index (χ4v) is 0. The van der Waals surface area contributed by atoms with Gasteiger partial charge in [-0.05, 0) is 6.92 Å². The van der Waals surface area contributed by atoms with Crippen molar-refractivity contribution in [3.63, 3.8) is 0 Å². The van der Waals surface area contributed by atoms with Gasteiger partial charge in [-0.3, -0.25) is 0 Å². The van der Waals surface area contributed by atoms with E-state index < -0.39 is 16.5 Å². The van der Waals surface area contributed by atoms with Crippen molar-refractivity contribution in [3.05, 3.63) is 0 Å². The second-order valence-corrected chi connectivity index (χ2v) is 2.28. The van der Waals surface area contributed by atoms with Gasteiger partial charge in [0.2, 0.25) is 0 Å².